The van der Waals surface area contributed by atoms with Gasteiger partial charge >= 0.3 is 0 Å². The SMILES string of the molecule is Cc1ccc(NC(=O)c2cc(NCc3cccnc3)ccn2)cc1. The molecule has 1 amide bonds. The smallest absolute Gasteiger partial charge is 0.274 e. The van der Waals surface area contributed by atoms with E-state index in [4.69, 9.17) is 0 Å². The van der Waals surface area contributed by atoms with Gasteiger partial charge in [-0.3, -0.25) is 14.8 Å². The first-order chi connectivity index (χ1) is 11.7. The summed E-state index contributed by atoms with van der Waals surface area (Å²) in [5.41, 5.74) is 4.17. The molecule has 3 rings (SSSR count). The zero-order valence-electron chi connectivity index (χ0n) is 13.4. The van der Waals surface area contributed by atoms with Gasteiger partial charge in [-0.05, 0) is 42.8 Å². The number of hydrogen-bond donors (Lipinski definition) is 2. The number of carbonyl (C=O) groups is 1. The third-order valence-electron chi connectivity index (χ3n) is 3.52. The third kappa shape index (κ3) is 4.16. The van der Waals surface area contributed by atoms with Crippen LogP contribution in [0.15, 0.2) is 67.1 Å². The van der Waals surface area contributed by atoms with Crippen LogP contribution in [0.5, 0.6) is 0 Å². The van der Waals surface area contributed by atoms with Gasteiger partial charge in [0.25, 0.3) is 5.91 Å². The summed E-state index contributed by atoms with van der Waals surface area (Å²) in [7, 11) is 0. The average Bonchev–Trinajstić information content (AvgIpc) is 2.63. The molecule has 0 unspecified atom stereocenters. The quantitative estimate of drug-likeness (QED) is 0.753. The standard InChI is InChI=1S/C19H18N4O/c1-14-4-6-16(7-5-14)23-19(24)18-11-17(8-10-21-18)22-13-15-3-2-9-20-12-15/h2-12H,13H2,1H3,(H,21,22)(H,23,24). The molecule has 0 saturated carbocycles. The Balaban J connectivity index is 1.65. The van der Waals surface area contributed by atoms with Gasteiger partial charge in [0.15, 0.2) is 0 Å². The maximum absolute atomic E-state index is 12.3. The number of nitrogens with zero attached hydrogens (tertiary/aromatic N) is 2. The van der Waals surface area contributed by atoms with E-state index in [1.807, 2.05) is 49.4 Å². The summed E-state index contributed by atoms with van der Waals surface area (Å²) in [4.78, 5) is 20.5. The summed E-state index contributed by atoms with van der Waals surface area (Å²) < 4.78 is 0. The zero-order valence-corrected chi connectivity index (χ0v) is 13.4. The van der Waals surface area contributed by atoms with E-state index in [0.29, 0.717) is 12.2 Å². The Hall–Kier alpha value is -3.21. The molecule has 0 aliphatic heterocycles. The zero-order chi connectivity index (χ0) is 16.8. The molecule has 2 heterocycles. The number of pyridine rings is 2. The molecule has 0 radical (unpaired) electrons. The molecule has 5 nitrogen and oxygen atoms in total. The molecular formula is C19H18N4O. The van der Waals surface area contributed by atoms with Crippen LogP contribution in [0.3, 0.4) is 0 Å². The van der Waals surface area contributed by atoms with Crippen LogP contribution in [0.4, 0.5) is 11.4 Å². The van der Waals surface area contributed by atoms with Gasteiger partial charge in [0.05, 0.1) is 0 Å². The summed E-state index contributed by atoms with van der Waals surface area (Å²) in [5, 5.41) is 6.11. The number of aryl methyl sites for hydroxylation is 1. The van der Waals surface area contributed by atoms with Crippen molar-refractivity contribution in [1.29, 1.82) is 0 Å². The van der Waals surface area contributed by atoms with E-state index in [0.717, 1.165) is 22.5 Å². The first-order valence-corrected chi connectivity index (χ1v) is 7.67. The van der Waals surface area contributed by atoms with E-state index in [1.165, 1.54) is 0 Å². The van der Waals surface area contributed by atoms with Gasteiger partial charge < -0.3 is 10.6 Å². The van der Waals surface area contributed by atoms with E-state index in [1.54, 1.807) is 24.7 Å². The second-order valence-electron chi connectivity index (χ2n) is 5.46. The summed E-state index contributed by atoms with van der Waals surface area (Å²) >= 11 is 0. The van der Waals surface area contributed by atoms with Gasteiger partial charge in [-0.1, -0.05) is 23.8 Å². The third-order valence-corrected chi connectivity index (χ3v) is 3.52. The van der Waals surface area contributed by atoms with Crippen molar-refractivity contribution in [3.63, 3.8) is 0 Å². The molecular weight excluding hydrogens is 300 g/mol. The highest BCUT2D eigenvalue weighted by Gasteiger charge is 2.08. The molecule has 0 fully saturated rings. The Labute approximate surface area is 140 Å². The fourth-order valence-electron chi connectivity index (χ4n) is 2.20. The van der Waals surface area contributed by atoms with Crippen LogP contribution >= 0.6 is 0 Å². The summed E-state index contributed by atoms with van der Waals surface area (Å²) in [6, 6.07) is 15.1. The number of aromatic nitrogens is 2. The molecule has 5 heteroatoms. The first-order valence-electron chi connectivity index (χ1n) is 7.67. The predicted octanol–water partition coefficient (Wildman–Crippen LogP) is 3.65. The Morgan fingerprint density at radius 3 is 2.62 bits per heavy atom. The lowest BCUT2D eigenvalue weighted by Gasteiger charge is -2.08. The highest BCUT2D eigenvalue weighted by atomic mass is 16.1. The van der Waals surface area contributed by atoms with Crippen LogP contribution in [0, 0.1) is 6.92 Å². The molecule has 2 N–H and O–H groups in total. The fourth-order valence-corrected chi connectivity index (χ4v) is 2.20. The van der Waals surface area contributed by atoms with Gasteiger partial charge in [0.2, 0.25) is 0 Å². The monoisotopic (exact) mass is 318 g/mol. The van der Waals surface area contributed by atoms with Crippen LogP contribution in [-0.4, -0.2) is 15.9 Å². The minimum atomic E-state index is -0.233. The van der Waals surface area contributed by atoms with E-state index < -0.39 is 0 Å². The number of rotatable bonds is 5. The van der Waals surface area contributed by atoms with Crippen molar-refractivity contribution in [3.8, 4) is 0 Å². The van der Waals surface area contributed by atoms with E-state index in [2.05, 4.69) is 20.6 Å². The highest BCUT2D eigenvalue weighted by molar-refractivity contribution is 6.03. The molecule has 2 aromatic heterocycles. The summed E-state index contributed by atoms with van der Waals surface area (Å²) in [6.07, 6.45) is 5.16. The van der Waals surface area contributed by atoms with Crippen molar-refractivity contribution in [1.82, 2.24) is 9.97 Å². The van der Waals surface area contributed by atoms with E-state index in [-0.39, 0.29) is 5.91 Å². The number of hydrogen-bond acceptors (Lipinski definition) is 4. The average molecular weight is 318 g/mol. The van der Waals surface area contributed by atoms with Crippen LogP contribution in [0.1, 0.15) is 21.6 Å². The predicted molar refractivity (Wildman–Crippen MR) is 94.9 cm³/mol. The molecule has 120 valence electrons. The molecule has 0 atom stereocenters. The first kappa shape index (κ1) is 15.7. The van der Waals surface area contributed by atoms with Gasteiger partial charge in [-0.25, -0.2) is 0 Å². The van der Waals surface area contributed by atoms with Crippen molar-refractivity contribution in [2.75, 3.05) is 10.6 Å². The molecule has 3 aromatic rings. The Kier molecular flexibility index (Phi) is 4.81. The largest absolute Gasteiger partial charge is 0.381 e. The van der Waals surface area contributed by atoms with Crippen LogP contribution in [0.2, 0.25) is 0 Å². The Morgan fingerprint density at radius 2 is 1.88 bits per heavy atom. The Bertz CT molecular complexity index is 816. The lowest BCUT2D eigenvalue weighted by atomic mass is 10.2. The molecule has 0 aliphatic carbocycles. The van der Waals surface area contributed by atoms with Crippen molar-refractivity contribution in [2.45, 2.75) is 13.5 Å². The molecule has 0 bridgehead atoms. The molecule has 0 spiro atoms. The molecule has 24 heavy (non-hydrogen) atoms. The Morgan fingerprint density at radius 1 is 1.04 bits per heavy atom. The number of nitrogens with one attached hydrogen (secondary N) is 2. The summed E-state index contributed by atoms with van der Waals surface area (Å²) in [5.74, 6) is -0.233. The lowest BCUT2D eigenvalue weighted by molar-refractivity contribution is 0.102. The van der Waals surface area contributed by atoms with Gasteiger partial charge in [0, 0.05) is 36.5 Å². The van der Waals surface area contributed by atoms with Gasteiger partial charge in [0.1, 0.15) is 5.69 Å². The summed E-state index contributed by atoms with van der Waals surface area (Å²) in [6.45, 7) is 2.64. The number of benzene rings is 1. The van der Waals surface area contributed by atoms with Crippen molar-refractivity contribution in [3.05, 3.63) is 83.9 Å². The van der Waals surface area contributed by atoms with Gasteiger partial charge in [-0.2, -0.15) is 0 Å². The minimum Gasteiger partial charge on any atom is -0.381 e. The highest BCUT2D eigenvalue weighted by Crippen LogP contribution is 2.13. The molecule has 1 aromatic carbocycles. The van der Waals surface area contributed by atoms with Crippen LogP contribution in [-0.2, 0) is 6.54 Å². The van der Waals surface area contributed by atoms with Crippen molar-refractivity contribution in [2.24, 2.45) is 0 Å². The molecule has 0 saturated heterocycles. The topological polar surface area (TPSA) is 66.9 Å². The van der Waals surface area contributed by atoms with Gasteiger partial charge in [-0.15, -0.1) is 0 Å². The normalized spacial score (nSPS) is 10.2. The number of anilines is 2. The minimum absolute atomic E-state index is 0.233. The van der Waals surface area contributed by atoms with Crippen molar-refractivity contribution >= 4 is 17.3 Å². The maximum Gasteiger partial charge on any atom is 0.274 e. The lowest BCUT2D eigenvalue weighted by Crippen LogP contribution is -2.14. The fraction of sp³-hybridized carbons (Fsp3) is 0.105. The van der Waals surface area contributed by atoms with E-state index in [9.17, 15) is 4.79 Å². The number of amides is 1. The van der Waals surface area contributed by atoms with Crippen LogP contribution in [0.25, 0.3) is 0 Å². The second-order valence-corrected chi connectivity index (χ2v) is 5.46. The number of carbonyl (C=O) groups excluding carboxylic acids is 1. The molecule has 0 aliphatic rings. The van der Waals surface area contributed by atoms with Crippen LogP contribution < -0.4 is 10.6 Å². The maximum atomic E-state index is 12.3. The van der Waals surface area contributed by atoms with E-state index >= 15 is 0 Å². The second kappa shape index (κ2) is 7.37. The van der Waals surface area contributed by atoms with Crippen molar-refractivity contribution < 1.29 is 4.79 Å².